The number of hydrogen-bond acceptors (Lipinski definition) is 5. The molecule has 1 fully saturated rings. The number of likely N-dealkylation sites (N-methyl/N-ethyl adjacent to an activating group) is 1. The van der Waals surface area contributed by atoms with E-state index < -0.39 is 17.8 Å². The van der Waals surface area contributed by atoms with Crippen LogP contribution in [0.2, 0.25) is 0 Å². The van der Waals surface area contributed by atoms with E-state index in [1.807, 2.05) is 38.1 Å². The molecule has 0 aromatic heterocycles. The number of nitrogens with zero attached hydrogens (tertiary/aromatic N) is 3. The number of amides is 3. The van der Waals surface area contributed by atoms with Crippen LogP contribution in [0.3, 0.4) is 0 Å². The van der Waals surface area contributed by atoms with E-state index in [1.165, 1.54) is 23.1 Å². The molecule has 0 unspecified atom stereocenters. The van der Waals surface area contributed by atoms with Gasteiger partial charge in [0, 0.05) is 50.5 Å². The summed E-state index contributed by atoms with van der Waals surface area (Å²) in [6.07, 6.45) is 0. The summed E-state index contributed by atoms with van der Waals surface area (Å²) >= 11 is 0. The third-order valence-corrected chi connectivity index (χ3v) is 6.90. The molecule has 4 rings (SSSR count). The number of hydrogen-bond donors (Lipinski definition) is 1. The molecule has 2 aliphatic rings. The van der Waals surface area contributed by atoms with Crippen LogP contribution >= 0.6 is 0 Å². The Labute approximate surface area is 216 Å². The van der Waals surface area contributed by atoms with Gasteiger partial charge in [0.05, 0.1) is 18.2 Å². The third-order valence-electron chi connectivity index (χ3n) is 6.90. The fraction of sp³-hybridized carbons (Fsp3) is 0.393. The van der Waals surface area contributed by atoms with E-state index >= 15 is 0 Å². The predicted octanol–water partition coefficient (Wildman–Crippen LogP) is 3.49. The highest BCUT2D eigenvalue weighted by Crippen LogP contribution is 2.32. The molecule has 196 valence electrons. The topological polar surface area (TPSA) is 82.2 Å². The second-order valence-electron chi connectivity index (χ2n) is 9.53. The zero-order chi connectivity index (χ0) is 26.7. The van der Waals surface area contributed by atoms with Crippen LogP contribution in [0.4, 0.5) is 9.18 Å². The Hall–Kier alpha value is -3.72. The van der Waals surface area contributed by atoms with Crippen LogP contribution in [-0.2, 0) is 9.53 Å². The van der Waals surface area contributed by atoms with Gasteiger partial charge in [-0.3, -0.25) is 14.6 Å². The largest absolute Gasteiger partial charge is 0.463 e. The Bertz CT molecular complexity index is 1210. The van der Waals surface area contributed by atoms with Gasteiger partial charge in [0.2, 0.25) is 0 Å². The van der Waals surface area contributed by atoms with Crippen LogP contribution < -0.4 is 5.32 Å². The minimum atomic E-state index is -0.633. The van der Waals surface area contributed by atoms with Crippen molar-refractivity contribution >= 4 is 17.9 Å². The van der Waals surface area contributed by atoms with Crippen molar-refractivity contribution in [2.45, 2.75) is 32.9 Å². The monoisotopic (exact) mass is 508 g/mol. The molecular formula is C28H33FN4O4. The smallest absolute Gasteiger partial charge is 0.338 e. The molecular weight excluding hydrogens is 475 g/mol. The van der Waals surface area contributed by atoms with Gasteiger partial charge in [-0.2, -0.15) is 0 Å². The quantitative estimate of drug-likeness (QED) is 0.604. The van der Waals surface area contributed by atoms with Crippen molar-refractivity contribution in [3.63, 3.8) is 0 Å². The summed E-state index contributed by atoms with van der Waals surface area (Å²) < 4.78 is 19.1. The van der Waals surface area contributed by atoms with E-state index in [4.69, 9.17) is 4.74 Å². The first-order chi connectivity index (χ1) is 17.7. The van der Waals surface area contributed by atoms with Crippen LogP contribution in [-0.4, -0.2) is 78.5 Å². The Morgan fingerprint density at radius 1 is 1.14 bits per heavy atom. The molecule has 0 radical (unpaired) electrons. The SMILES string of the molecule is CCOC(=O)C1=C(CN2CCN(C(=O)c3cccc(F)c3)[C@H](C)C2)N(C)C(=O)N[C@@H]1c1ccc(C)cc1. The molecule has 2 atom stereocenters. The molecule has 2 aliphatic heterocycles. The molecule has 37 heavy (non-hydrogen) atoms. The Morgan fingerprint density at radius 2 is 1.86 bits per heavy atom. The summed E-state index contributed by atoms with van der Waals surface area (Å²) in [4.78, 5) is 44.4. The zero-order valence-electron chi connectivity index (χ0n) is 21.7. The van der Waals surface area contributed by atoms with Crippen LogP contribution in [0.5, 0.6) is 0 Å². The molecule has 0 bridgehead atoms. The van der Waals surface area contributed by atoms with E-state index in [0.717, 1.165) is 11.1 Å². The summed E-state index contributed by atoms with van der Waals surface area (Å²) in [5, 5.41) is 2.94. The lowest BCUT2D eigenvalue weighted by Gasteiger charge is -2.42. The maximum Gasteiger partial charge on any atom is 0.338 e. The van der Waals surface area contributed by atoms with Crippen molar-refractivity contribution in [1.29, 1.82) is 0 Å². The number of aryl methyl sites for hydroxylation is 1. The van der Waals surface area contributed by atoms with Gasteiger partial charge in [-0.15, -0.1) is 0 Å². The summed E-state index contributed by atoms with van der Waals surface area (Å²) in [5.41, 5.74) is 3.16. The summed E-state index contributed by atoms with van der Waals surface area (Å²) in [6.45, 7) is 7.73. The van der Waals surface area contributed by atoms with Crippen molar-refractivity contribution in [3.05, 3.63) is 82.3 Å². The molecule has 0 aliphatic carbocycles. The number of rotatable bonds is 6. The highest BCUT2D eigenvalue weighted by molar-refractivity contribution is 5.95. The summed E-state index contributed by atoms with van der Waals surface area (Å²) in [6, 6.07) is 12.3. The molecule has 1 N–H and O–H groups in total. The number of piperazine rings is 1. The Balaban J connectivity index is 1.59. The predicted molar refractivity (Wildman–Crippen MR) is 137 cm³/mol. The van der Waals surface area contributed by atoms with Crippen molar-refractivity contribution in [1.82, 2.24) is 20.0 Å². The van der Waals surface area contributed by atoms with Crippen molar-refractivity contribution in [2.75, 3.05) is 39.8 Å². The van der Waals surface area contributed by atoms with Crippen molar-refractivity contribution < 1.29 is 23.5 Å². The van der Waals surface area contributed by atoms with Gasteiger partial charge >= 0.3 is 12.0 Å². The van der Waals surface area contributed by atoms with Gasteiger partial charge < -0.3 is 15.0 Å². The van der Waals surface area contributed by atoms with Crippen molar-refractivity contribution in [3.8, 4) is 0 Å². The van der Waals surface area contributed by atoms with E-state index in [-0.39, 0.29) is 24.6 Å². The lowest BCUT2D eigenvalue weighted by Crippen LogP contribution is -2.56. The average molecular weight is 509 g/mol. The fourth-order valence-corrected chi connectivity index (χ4v) is 4.88. The van der Waals surface area contributed by atoms with Gasteiger partial charge in [-0.1, -0.05) is 35.9 Å². The number of nitrogens with one attached hydrogen (secondary N) is 1. The number of ether oxygens (including phenoxy) is 1. The van der Waals surface area contributed by atoms with Crippen LogP contribution in [0.15, 0.2) is 59.8 Å². The van der Waals surface area contributed by atoms with E-state index in [2.05, 4.69) is 10.2 Å². The minimum Gasteiger partial charge on any atom is -0.463 e. The maximum atomic E-state index is 13.7. The average Bonchev–Trinajstić information content (AvgIpc) is 2.87. The molecule has 8 nitrogen and oxygen atoms in total. The first kappa shape index (κ1) is 26.3. The van der Waals surface area contributed by atoms with Gasteiger partial charge in [0.1, 0.15) is 5.82 Å². The summed E-state index contributed by atoms with van der Waals surface area (Å²) in [5.74, 6) is -1.13. The Morgan fingerprint density at radius 3 is 2.51 bits per heavy atom. The van der Waals surface area contributed by atoms with Gasteiger partial charge in [0.15, 0.2) is 0 Å². The second-order valence-corrected chi connectivity index (χ2v) is 9.53. The molecule has 2 aromatic carbocycles. The molecule has 2 heterocycles. The van der Waals surface area contributed by atoms with E-state index in [1.54, 1.807) is 24.9 Å². The number of esters is 1. The first-order valence-electron chi connectivity index (χ1n) is 12.5. The fourth-order valence-electron chi connectivity index (χ4n) is 4.88. The molecule has 3 amide bonds. The van der Waals surface area contributed by atoms with Crippen LogP contribution in [0, 0.1) is 12.7 Å². The highest BCUT2D eigenvalue weighted by atomic mass is 19.1. The number of carbonyl (C=O) groups excluding carboxylic acids is 3. The number of benzene rings is 2. The number of halogens is 1. The summed E-state index contributed by atoms with van der Waals surface area (Å²) in [7, 11) is 1.64. The van der Waals surface area contributed by atoms with Crippen LogP contribution in [0.1, 0.15) is 41.4 Å². The lowest BCUT2D eigenvalue weighted by atomic mass is 9.93. The third kappa shape index (κ3) is 5.67. The van der Waals surface area contributed by atoms with E-state index in [0.29, 0.717) is 43.0 Å². The zero-order valence-corrected chi connectivity index (χ0v) is 21.7. The number of carbonyl (C=O) groups is 3. The standard InChI is InChI=1S/C28H33FN4O4/c1-5-37-27(35)24-23(31(4)28(36)30-25(24)20-11-9-18(2)10-12-20)17-32-13-14-33(19(3)16-32)26(34)21-7-6-8-22(29)15-21/h6-12,15,19,25H,5,13-14,16-17H2,1-4H3,(H,30,36)/t19-,25-/m1/s1. The number of urea groups is 1. The molecule has 0 spiro atoms. The van der Waals surface area contributed by atoms with Gasteiger partial charge in [0.25, 0.3) is 5.91 Å². The van der Waals surface area contributed by atoms with E-state index in [9.17, 15) is 18.8 Å². The molecule has 2 aromatic rings. The molecule has 1 saturated heterocycles. The normalized spacial score (nSPS) is 20.6. The maximum absolute atomic E-state index is 13.7. The molecule has 0 saturated carbocycles. The van der Waals surface area contributed by atoms with Gasteiger partial charge in [-0.25, -0.2) is 14.0 Å². The van der Waals surface area contributed by atoms with Gasteiger partial charge in [-0.05, 0) is 44.5 Å². The van der Waals surface area contributed by atoms with Crippen LogP contribution in [0.25, 0.3) is 0 Å². The highest BCUT2D eigenvalue weighted by Gasteiger charge is 2.38. The second kappa shape index (κ2) is 11.1. The lowest BCUT2D eigenvalue weighted by molar-refractivity contribution is -0.139. The first-order valence-corrected chi connectivity index (χ1v) is 12.5. The minimum absolute atomic E-state index is 0.147. The molecule has 9 heteroatoms. The van der Waals surface area contributed by atoms with Crippen molar-refractivity contribution in [2.24, 2.45) is 0 Å². The Kier molecular flexibility index (Phi) is 7.92.